The number of hydrogen-bond acceptors (Lipinski definition) is 4. The lowest BCUT2D eigenvalue weighted by atomic mass is 10.1. The monoisotopic (exact) mass is 247 g/mol. The highest BCUT2D eigenvalue weighted by atomic mass is 32.1. The van der Waals surface area contributed by atoms with Crippen LogP contribution >= 0.6 is 11.3 Å². The summed E-state index contributed by atoms with van der Waals surface area (Å²) < 4.78 is 13.3. The third kappa shape index (κ3) is 3.02. The summed E-state index contributed by atoms with van der Waals surface area (Å²) in [5.41, 5.74) is 0.678. The molecule has 2 rings (SSSR count). The van der Waals surface area contributed by atoms with E-state index in [2.05, 4.69) is 10.3 Å². The molecule has 0 atom stereocenters. The summed E-state index contributed by atoms with van der Waals surface area (Å²) in [4.78, 5) is 4.60. The van der Waals surface area contributed by atoms with Gasteiger partial charge in [-0.2, -0.15) is 5.26 Å². The summed E-state index contributed by atoms with van der Waals surface area (Å²) in [5.74, 6) is -0.189. The van der Waals surface area contributed by atoms with Crippen LogP contribution in [-0.4, -0.2) is 11.5 Å². The van der Waals surface area contributed by atoms with E-state index in [-0.39, 0.29) is 5.82 Å². The molecular weight excluding hydrogens is 237 g/mol. The average molecular weight is 247 g/mol. The first-order chi connectivity index (χ1) is 8.29. The number of benzene rings is 1. The lowest BCUT2D eigenvalue weighted by Gasteiger charge is -2.03. The molecule has 0 amide bonds. The number of nitrogens with one attached hydrogen (secondary N) is 1. The van der Waals surface area contributed by atoms with Gasteiger partial charge in [0.1, 0.15) is 16.8 Å². The minimum Gasteiger partial charge on any atom is -0.361 e. The Morgan fingerprint density at radius 2 is 2.24 bits per heavy atom. The van der Waals surface area contributed by atoms with Crippen LogP contribution in [-0.2, 0) is 6.42 Å². The summed E-state index contributed by atoms with van der Waals surface area (Å²) >= 11 is 1.30. The van der Waals surface area contributed by atoms with Gasteiger partial charge in [0.15, 0.2) is 5.13 Å². The molecule has 1 aromatic carbocycles. The highest BCUT2D eigenvalue weighted by Crippen LogP contribution is 2.16. The first kappa shape index (κ1) is 11.6. The van der Waals surface area contributed by atoms with E-state index in [1.165, 1.54) is 23.6 Å². The smallest absolute Gasteiger partial charge is 0.183 e. The third-order valence-electron chi connectivity index (χ3n) is 2.24. The number of nitrogens with zero attached hydrogens (tertiary/aromatic N) is 2. The van der Waals surface area contributed by atoms with Gasteiger partial charge in [0.25, 0.3) is 0 Å². The van der Waals surface area contributed by atoms with E-state index in [0.717, 1.165) is 0 Å². The lowest BCUT2D eigenvalue weighted by Crippen LogP contribution is -2.05. The molecule has 17 heavy (non-hydrogen) atoms. The zero-order valence-electron chi connectivity index (χ0n) is 8.98. The summed E-state index contributed by atoms with van der Waals surface area (Å²) in [6.07, 6.45) is 2.12. The SMILES string of the molecule is N#Cc1cnc(NCCc2ccccc2F)s1. The van der Waals surface area contributed by atoms with Gasteiger partial charge in [-0.3, -0.25) is 0 Å². The average Bonchev–Trinajstić information content (AvgIpc) is 2.80. The Labute approximate surface area is 103 Å². The topological polar surface area (TPSA) is 48.7 Å². The first-order valence-corrected chi connectivity index (χ1v) is 5.94. The molecule has 1 aromatic heterocycles. The third-order valence-corrected chi connectivity index (χ3v) is 3.10. The highest BCUT2D eigenvalue weighted by molar-refractivity contribution is 7.16. The van der Waals surface area contributed by atoms with Crippen LogP contribution in [0.15, 0.2) is 30.5 Å². The molecule has 0 fully saturated rings. The maximum Gasteiger partial charge on any atom is 0.183 e. The molecule has 86 valence electrons. The molecule has 1 heterocycles. The molecule has 1 N–H and O–H groups in total. The van der Waals surface area contributed by atoms with E-state index in [9.17, 15) is 4.39 Å². The number of halogens is 1. The van der Waals surface area contributed by atoms with E-state index < -0.39 is 0 Å². The Kier molecular flexibility index (Phi) is 3.68. The second-order valence-electron chi connectivity index (χ2n) is 3.41. The molecule has 2 aromatic rings. The highest BCUT2D eigenvalue weighted by Gasteiger charge is 2.02. The van der Waals surface area contributed by atoms with Gasteiger partial charge >= 0.3 is 0 Å². The van der Waals surface area contributed by atoms with Crippen molar-refractivity contribution in [3.8, 4) is 6.07 Å². The number of anilines is 1. The van der Waals surface area contributed by atoms with Crippen molar-refractivity contribution in [1.82, 2.24) is 4.98 Å². The molecule has 0 saturated carbocycles. The van der Waals surface area contributed by atoms with Crippen molar-refractivity contribution in [2.75, 3.05) is 11.9 Å². The van der Waals surface area contributed by atoms with Crippen LogP contribution in [0.4, 0.5) is 9.52 Å². The van der Waals surface area contributed by atoms with Crippen molar-refractivity contribution in [2.45, 2.75) is 6.42 Å². The van der Waals surface area contributed by atoms with Crippen molar-refractivity contribution < 1.29 is 4.39 Å². The Bertz CT molecular complexity index is 545. The molecule has 0 unspecified atom stereocenters. The van der Waals surface area contributed by atoms with E-state index >= 15 is 0 Å². The Morgan fingerprint density at radius 3 is 2.94 bits per heavy atom. The summed E-state index contributed by atoms with van der Waals surface area (Å²) in [6.45, 7) is 0.597. The second-order valence-corrected chi connectivity index (χ2v) is 4.44. The number of nitriles is 1. The van der Waals surface area contributed by atoms with Crippen LogP contribution in [0.3, 0.4) is 0 Å². The Balaban J connectivity index is 1.88. The zero-order valence-corrected chi connectivity index (χ0v) is 9.80. The van der Waals surface area contributed by atoms with Crippen LogP contribution in [0.5, 0.6) is 0 Å². The summed E-state index contributed by atoms with van der Waals surface area (Å²) in [7, 11) is 0. The van der Waals surface area contributed by atoms with Crippen LogP contribution in [0.25, 0.3) is 0 Å². The molecule has 5 heteroatoms. The van der Waals surface area contributed by atoms with Crippen LogP contribution in [0, 0.1) is 17.1 Å². The number of hydrogen-bond donors (Lipinski definition) is 1. The fraction of sp³-hybridized carbons (Fsp3) is 0.167. The lowest BCUT2D eigenvalue weighted by molar-refractivity contribution is 0.610. The Hall–Kier alpha value is -1.93. The number of rotatable bonds is 4. The molecule has 3 nitrogen and oxygen atoms in total. The normalized spacial score (nSPS) is 9.88. The molecular formula is C12H10FN3S. The van der Waals surface area contributed by atoms with Gasteiger partial charge in [0, 0.05) is 6.54 Å². The number of aromatic nitrogens is 1. The molecule has 0 aliphatic carbocycles. The molecule has 0 saturated heterocycles. The Morgan fingerprint density at radius 1 is 1.41 bits per heavy atom. The fourth-order valence-corrected chi connectivity index (χ4v) is 2.05. The minimum absolute atomic E-state index is 0.189. The number of thiazole rings is 1. The van der Waals surface area contributed by atoms with E-state index in [1.54, 1.807) is 12.1 Å². The molecule has 0 radical (unpaired) electrons. The van der Waals surface area contributed by atoms with Gasteiger partial charge in [0.2, 0.25) is 0 Å². The molecule has 0 bridgehead atoms. The van der Waals surface area contributed by atoms with Crippen LogP contribution in [0.2, 0.25) is 0 Å². The maximum absolute atomic E-state index is 13.3. The standard InChI is InChI=1S/C12H10FN3S/c13-11-4-2-1-3-9(11)5-6-15-12-16-8-10(7-14)17-12/h1-4,8H,5-6H2,(H,15,16). The van der Waals surface area contributed by atoms with Crippen molar-refractivity contribution >= 4 is 16.5 Å². The van der Waals surface area contributed by atoms with E-state index in [0.29, 0.717) is 28.5 Å². The second kappa shape index (κ2) is 5.41. The van der Waals surface area contributed by atoms with Crippen LogP contribution < -0.4 is 5.32 Å². The van der Waals surface area contributed by atoms with Crippen molar-refractivity contribution in [3.63, 3.8) is 0 Å². The fourth-order valence-electron chi connectivity index (χ4n) is 1.41. The largest absolute Gasteiger partial charge is 0.361 e. The van der Waals surface area contributed by atoms with E-state index in [1.807, 2.05) is 12.1 Å². The van der Waals surface area contributed by atoms with Gasteiger partial charge in [-0.25, -0.2) is 9.37 Å². The predicted octanol–water partition coefficient (Wildman–Crippen LogP) is 2.81. The maximum atomic E-state index is 13.3. The predicted molar refractivity (Wildman–Crippen MR) is 65.4 cm³/mol. The van der Waals surface area contributed by atoms with E-state index in [4.69, 9.17) is 5.26 Å². The van der Waals surface area contributed by atoms with Crippen molar-refractivity contribution in [2.24, 2.45) is 0 Å². The van der Waals surface area contributed by atoms with Crippen molar-refractivity contribution in [1.29, 1.82) is 5.26 Å². The summed E-state index contributed by atoms with van der Waals surface area (Å²) in [6, 6.07) is 8.72. The molecule has 0 aliphatic heterocycles. The van der Waals surface area contributed by atoms with Gasteiger partial charge in [-0.05, 0) is 18.1 Å². The molecule has 0 spiro atoms. The quantitative estimate of drug-likeness (QED) is 0.903. The van der Waals surface area contributed by atoms with Crippen molar-refractivity contribution in [3.05, 3.63) is 46.7 Å². The minimum atomic E-state index is -0.189. The van der Waals surface area contributed by atoms with Crippen LogP contribution in [0.1, 0.15) is 10.4 Å². The summed E-state index contributed by atoms with van der Waals surface area (Å²) in [5, 5.41) is 12.4. The first-order valence-electron chi connectivity index (χ1n) is 5.13. The van der Waals surface area contributed by atoms with Gasteiger partial charge in [0.05, 0.1) is 6.20 Å². The van der Waals surface area contributed by atoms with Gasteiger partial charge in [-0.1, -0.05) is 29.5 Å². The van der Waals surface area contributed by atoms with Gasteiger partial charge in [-0.15, -0.1) is 0 Å². The zero-order chi connectivity index (χ0) is 12.1. The molecule has 0 aliphatic rings. The van der Waals surface area contributed by atoms with Gasteiger partial charge < -0.3 is 5.32 Å².